The van der Waals surface area contributed by atoms with E-state index in [1.54, 1.807) is 0 Å². The number of carbonyl (C=O) groups excluding carboxylic acids is 1. The molecule has 1 aromatic rings. The molecule has 2 N–H and O–H groups in total. The van der Waals surface area contributed by atoms with Gasteiger partial charge in [0, 0.05) is 13.0 Å². The molecule has 0 aliphatic carbocycles. The predicted octanol–water partition coefficient (Wildman–Crippen LogP) is 2.89. The zero-order valence-corrected chi connectivity index (χ0v) is 12.5. The molecule has 1 amide bonds. The van der Waals surface area contributed by atoms with Crippen molar-refractivity contribution in [1.82, 2.24) is 10.3 Å². The van der Waals surface area contributed by atoms with Crippen LogP contribution in [0.25, 0.3) is 0 Å². The average molecular weight is 317 g/mol. The van der Waals surface area contributed by atoms with E-state index in [2.05, 4.69) is 10.3 Å². The van der Waals surface area contributed by atoms with Crippen molar-refractivity contribution < 1.29 is 19.1 Å². The van der Waals surface area contributed by atoms with E-state index in [0.717, 1.165) is 18.7 Å². The minimum Gasteiger partial charge on any atom is -0.481 e. The van der Waals surface area contributed by atoms with Gasteiger partial charge in [0.2, 0.25) is 0 Å². The lowest BCUT2D eigenvalue weighted by molar-refractivity contribution is -0.137. The number of hydrogen-bond acceptors (Lipinski definition) is 3. The van der Waals surface area contributed by atoms with Crippen LogP contribution in [0.15, 0.2) is 12.3 Å². The minimum atomic E-state index is -0.824. The van der Waals surface area contributed by atoms with Crippen LogP contribution in [0.5, 0.6) is 0 Å². The lowest BCUT2D eigenvalue weighted by Gasteiger charge is -2.14. The Bertz CT molecular complexity index is 511. The van der Waals surface area contributed by atoms with Gasteiger partial charge in [0.15, 0.2) is 0 Å². The first kappa shape index (κ1) is 17.4. The van der Waals surface area contributed by atoms with E-state index >= 15 is 0 Å². The Kier molecular flexibility index (Phi) is 7.08. The molecule has 1 atom stereocenters. The van der Waals surface area contributed by atoms with Crippen molar-refractivity contribution in [3.05, 3.63) is 28.8 Å². The molecule has 1 rings (SSSR count). The number of amides is 1. The van der Waals surface area contributed by atoms with Crippen molar-refractivity contribution in [2.24, 2.45) is 5.92 Å². The second-order valence-electron chi connectivity index (χ2n) is 4.74. The van der Waals surface area contributed by atoms with Crippen LogP contribution < -0.4 is 5.32 Å². The number of nitrogens with zero attached hydrogens (tertiary/aromatic N) is 1. The van der Waals surface area contributed by atoms with Crippen molar-refractivity contribution in [3.63, 3.8) is 0 Å². The van der Waals surface area contributed by atoms with Crippen molar-refractivity contribution in [2.45, 2.75) is 32.6 Å². The summed E-state index contributed by atoms with van der Waals surface area (Å²) in [5, 5.41) is 11.2. The minimum absolute atomic E-state index is 0.00440. The Morgan fingerprint density at radius 2 is 2.19 bits per heavy atom. The van der Waals surface area contributed by atoms with Crippen LogP contribution in [-0.2, 0) is 4.79 Å². The molecule has 1 heterocycles. The molecular weight excluding hydrogens is 299 g/mol. The highest BCUT2D eigenvalue weighted by molar-refractivity contribution is 6.32. The van der Waals surface area contributed by atoms with Gasteiger partial charge in [-0.3, -0.25) is 9.59 Å². The summed E-state index contributed by atoms with van der Waals surface area (Å²) in [6, 6.07) is 1.03. The summed E-state index contributed by atoms with van der Waals surface area (Å²) in [4.78, 5) is 26.0. The predicted molar refractivity (Wildman–Crippen MR) is 76.8 cm³/mol. The highest BCUT2D eigenvalue weighted by Gasteiger charge is 2.14. The van der Waals surface area contributed by atoms with Crippen molar-refractivity contribution >= 4 is 23.5 Å². The highest BCUT2D eigenvalue weighted by atomic mass is 35.5. The number of aliphatic carboxylic acids is 1. The molecule has 0 radical (unpaired) electrons. The molecule has 0 aromatic carbocycles. The number of rotatable bonds is 8. The van der Waals surface area contributed by atoms with Gasteiger partial charge in [0.05, 0.1) is 11.8 Å². The maximum absolute atomic E-state index is 13.0. The van der Waals surface area contributed by atoms with Gasteiger partial charge in [-0.1, -0.05) is 24.9 Å². The Hall–Kier alpha value is -1.69. The standard InChI is InChI=1S/C14H18ClFN2O3/c1-2-9(3-4-12(19)20)5-6-17-14(21)11-7-10(16)8-18-13(11)15/h7-9H,2-6H2,1H3,(H,17,21)(H,19,20). The number of pyridine rings is 1. The summed E-state index contributed by atoms with van der Waals surface area (Å²) in [5.41, 5.74) is -0.00440. The summed E-state index contributed by atoms with van der Waals surface area (Å²) in [7, 11) is 0. The van der Waals surface area contributed by atoms with Gasteiger partial charge in [-0.15, -0.1) is 0 Å². The third kappa shape index (κ3) is 6.08. The number of halogens is 2. The van der Waals surface area contributed by atoms with Crippen LogP contribution in [0.3, 0.4) is 0 Å². The van der Waals surface area contributed by atoms with Gasteiger partial charge in [-0.05, 0) is 24.8 Å². The molecule has 0 fully saturated rings. The summed E-state index contributed by atoms with van der Waals surface area (Å²) in [6.45, 7) is 2.35. The number of carboxylic acid groups (broad SMARTS) is 1. The van der Waals surface area contributed by atoms with Crippen LogP contribution in [0.4, 0.5) is 4.39 Å². The summed E-state index contributed by atoms with van der Waals surface area (Å²) in [6.07, 6.45) is 3.13. The maximum atomic E-state index is 13.0. The Morgan fingerprint density at radius 3 is 2.81 bits per heavy atom. The molecule has 0 aliphatic rings. The van der Waals surface area contributed by atoms with Crippen LogP contribution in [0, 0.1) is 11.7 Å². The number of carboxylic acids is 1. The van der Waals surface area contributed by atoms with Crippen LogP contribution in [-0.4, -0.2) is 28.5 Å². The van der Waals surface area contributed by atoms with Gasteiger partial charge in [0.1, 0.15) is 11.0 Å². The normalized spacial score (nSPS) is 12.0. The van der Waals surface area contributed by atoms with Crippen LogP contribution in [0.2, 0.25) is 5.15 Å². The third-order valence-corrected chi connectivity index (χ3v) is 3.53. The number of hydrogen-bond donors (Lipinski definition) is 2. The fourth-order valence-corrected chi connectivity index (χ4v) is 2.14. The van der Waals surface area contributed by atoms with E-state index < -0.39 is 17.7 Å². The summed E-state index contributed by atoms with van der Waals surface area (Å²) >= 11 is 5.74. The van der Waals surface area contributed by atoms with E-state index in [-0.39, 0.29) is 23.1 Å². The Labute approximate surface area is 127 Å². The molecule has 0 bridgehead atoms. The fraction of sp³-hybridized carbons (Fsp3) is 0.500. The lowest BCUT2D eigenvalue weighted by atomic mass is 9.96. The maximum Gasteiger partial charge on any atom is 0.303 e. The highest BCUT2D eigenvalue weighted by Crippen LogP contribution is 2.16. The Morgan fingerprint density at radius 1 is 1.48 bits per heavy atom. The quantitative estimate of drug-likeness (QED) is 0.723. The average Bonchev–Trinajstić information content (AvgIpc) is 2.44. The van der Waals surface area contributed by atoms with Gasteiger partial charge in [-0.25, -0.2) is 9.37 Å². The number of nitrogens with one attached hydrogen (secondary N) is 1. The first-order valence-electron chi connectivity index (χ1n) is 6.75. The largest absolute Gasteiger partial charge is 0.481 e. The Balaban J connectivity index is 2.45. The zero-order valence-electron chi connectivity index (χ0n) is 11.7. The van der Waals surface area contributed by atoms with Gasteiger partial charge < -0.3 is 10.4 Å². The first-order valence-corrected chi connectivity index (χ1v) is 7.12. The summed E-state index contributed by atoms with van der Waals surface area (Å²) < 4.78 is 13.0. The molecular formula is C14H18ClFN2O3. The number of carbonyl (C=O) groups is 2. The lowest BCUT2D eigenvalue weighted by Crippen LogP contribution is -2.26. The third-order valence-electron chi connectivity index (χ3n) is 3.23. The zero-order chi connectivity index (χ0) is 15.8. The van der Waals surface area contributed by atoms with E-state index in [4.69, 9.17) is 16.7 Å². The molecule has 116 valence electrons. The van der Waals surface area contributed by atoms with Crippen molar-refractivity contribution in [1.29, 1.82) is 0 Å². The fourth-order valence-electron chi connectivity index (χ4n) is 1.95. The monoisotopic (exact) mass is 316 g/mol. The topological polar surface area (TPSA) is 79.3 Å². The van der Waals surface area contributed by atoms with E-state index in [1.807, 2.05) is 6.92 Å². The molecule has 21 heavy (non-hydrogen) atoms. The second kappa shape index (κ2) is 8.56. The molecule has 0 saturated carbocycles. The molecule has 0 spiro atoms. The van der Waals surface area contributed by atoms with Crippen molar-refractivity contribution in [2.75, 3.05) is 6.54 Å². The van der Waals surface area contributed by atoms with E-state index in [1.165, 1.54) is 0 Å². The molecule has 0 aliphatic heterocycles. The van der Waals surface area contributed by atoms with Crippen molar-refractivity contribution in [3.8, 4) is 0 Å². The first-order chi connectivity index (χ1) is 9.93. The SMILES string of the molecule is CCC(CCNC(=O)c1cc(F)cnc1Cl)CCC(=O)O. The van der Waals surface area contributed by atoms with Crippen LogP contribution >= 0.6 is 11.6 Å². The summed E-state index contributed by atoms with van der Waals surface area (Å²) in [5.74, 6) is -1.71. The van der Waals surface area contributed by atoms with Gasteiger partial charge >= 0.3 is 5.97 Å². The molecule has 5 nitrogen and oxygen atoms in total. The molecule has 1 unspecified atom stereocenters. The van der Waals surface area contributed by atoms with Gasteiger partial charge in [0.25, 0.3) is 5.91 Å². The number of aromatic nitrogens is 1. The molecule has 7 heteroatoms. The molecule has 1 aromatic heterocycles. The van der Waals surface area contributed by atoms with E-state index in [0.29, 0.717) is 19.4 Å². The second-order valence-corrected chi connectivity index (χ2v) is 5.10. The van der Waals surface area contributed by atoms with E-state index in [9.17, 15) is 14.0 Å². The smallest absolute Gasteiger partial charge is 0.303 e. The van der Waals surface area contributed by atoms with Crippen LogP contribution in [0.1, 0.15) is 43.0 Å². The van der Waals surface area contributed by atoms with Gasteiger partial charge in [-0.2, -0.15) is 0 Å². The molecule has 0 saturated heterocycles.